The molecule has 0 aromatic heterocycles. The molecule has 2 nitrogen and oxygen atoms in total. The van der Waals surface area contributed by atoms with E-state index in [2.05, 4.69) is 31.0 Å². The molecule has 0 amide bonds. The highest BCUT2D eigenvalue weighted by Gasteiger charge is 2.35. The van der Waals surface area contributed by atoms with Crippen molar-refractivity contribution in [3.63, 3.8) is 0 Å². The summed E-state index contributed by atoms with van der Waals surface area (Å²) in [5, 5.41) is 3.94. The van der Waals surface area contributed by atoms with Gasteiger partial charge in [-0.15, -0.1) is 0 Å². The summed E-state index contributed by atoms with van der Waals surface area (Å²) in [6, 6.07) is 2.36. The van der Waals surface area contributed by atoms with E-state index in [-0.39, 0.29) is 0 Å². The normalized spacial score (nSPS) is 32.5. The predicted molar refractivity (Wildman–Crippen MR) is 83.5 cm³/mol. The predicted octanol–water partition coefficient (Wildman–Crippen LogP) is 3.81. The van der Waals surface area contributed by atoms with Gasteiger partial charge in [-0.25, -0.2) is 0 Å². The van der Waals surface area contributed by atoms with E-state index in [4.69, 9.17) is 0 Å². The van der Waals surface area contributed by atoms with Crippen LogP contribution in [-0.4, -0.2) is 36.1 Å². The van der Waals surface area contributed by atoms with E-state index >= 15 is 0 Å². The number of rotatable bonds is 7. The third-order valence-corrected chi connectivity index (χ3v) is 5.41. The first-order valence-corrected chi connectivity index (χ1v) is 8.74. The van der Waals surface area contributed by atoms with Crippen molar-refractivity contribution < 1.29 is 0 Å². The summed E-state index contributed by atoms with van der Waals surface area (Å²) >= 11 is 0. The molecule has 1 N–H and O–H groups in total. The van der Waals surface area contributed by atoms with Gasteiger partial charge in [0.15, 0.2) is 0 Å². The summed E-state index contributed by atoms with van der Waals surface area (Å²) in [7, 11) is 0. The minimum Gasteiger partial charge on any atom is -0.310 e. The zero-order chi connectivity index (χ0) is 13.7. The van der Waals surface area contributed by atoms with E-state index < -0.39 is 0 Å². The standard InChI is InChI=1S/C17H34N2/c1-4-6-11-19(14(3)5-2)13-16-12-15-9-7-8-10-17(15)18-16/h14-18H,4-13H2,1-3H3. The Morgan fingerprint density at radius 2 is 2.00 bits per heavy atom. The van der Waals surface area contributed by atoms with Crippen molar-refractivity contribution in [3.05, 3.63) is 0 Å². The maximum atomic E-state index is 3.94. The summed E-state index contributed by atoms with van der Waals surface area (Å²) in [6.07, 6.45) is 11.2. The van der Waals surface area contributed by atoms with E-state index in [1.807, 2.05) is 0 Å². The van der Waals surface area contributed by atoms with Gasteiger partial charge >= 0.3 is 0 Å². The van der Waals surface area contributed by atoms with Crippen LogP contribution in [0.25, 0.3) is 0 Å². The van der Waals surface area contributed by atoms with Gasteiger partial charge in [-0.2, -0.15) is 0 Å². The Hall–Kier alpha value is -0.0800. The van der Waals surface area contributed by atoms with Crippen LogP contribution in [0.15, 0.2) is 0 Å². The molecule has 0 spiro atoms. The third-order valence-electron chi connectivity index (χ3n) is 5.41. The highest BCUT2D eigenvalue weighted by Crippen LogP contribution is 2.33. The molecular formula is C17H34N2. The van der Waals surface area contributed by atoms with E-state index in [1.54, 1.807) is 0 Å². The lowest BCUT2D eigenvalue weighted by atomic mass is 9.85. The van der Waals surface area contributed by atoms with Crippen LogP contribution in [0.3, 0.4) is 0 Å². The second kappa shape index (κ2) is 7.64. The fourth-order valence-electron chi connectivity index (χ4n) is 3.97. The SMILES string of the molecule is CCCCN(CC1CC2CCCCC2N1)C(C)CC. The van der Waals surface area contributed by atoms with Gasteiger partial charge in [-0.3, -0.25) is 4.90 Å². The Labute approximate surface area is 120 Å². The minimum absolute atomic E-state index is 0.746. The second-order valence-corrected chi connectivity index (χ2v) is 6.86. The Kier molecular flexibility index (Phi) is 6.15. The lowest BCUT2D eigenvalue weighted by Gasteiger charge is -2.31. The fourth-order valence-corrected chi connectivity index (χ4v) is 3.97. The van der Waals surface area contributed by atoms with Gasteiger partial charge in [0.2, 0.25) is 0 Å². The van der Waals surface area contributed by atoms with Crippen LogP contribution in [0.2, 0.25) is 0 Å². The molecule has 112 valence electrons. The molecule has 1 saturated heterocycles. The first-order valence-electron chi connectivity index (χ1n) is 8.74. The second-order valence-electron chi connectivity index (χ2n) is 6.86. The molecule has 4 atom stereocenters. The maximum absolute atomic E-state index is 3.94. The van der Waals surface area contributed by atoms with Crippen molar-refractivity contribution >= 4 is 0 Å². The monoisotopic (exact) mass is 266 g/mol. The Morgan fingerprint density at radius 3 is 2.68 bits per heavy atom. The first kappa shape index (κ1) is 15.3. The Bertz CT molecular complexity index is 240. The highest BCUT2D eigenvalue weighted by atomic mass is 15.2. The molecule has 0 aromatic carbocycles. The van der Waals surface area contributed by atoms with Crippen LogP contribution in [-0.2, 0) is 0 Å². The molecule has 4 unspecified atom stereocenters. The molecule has 1 heterocycles. The van der Waals surface area contributed by atoms with Gasteiger partial charge in [-0.05, 0) is 51.5 Å². The molecule has 2 heteroatoms. The quantitative estimate of drug-likeness (QED) is 0.754. The van der Waals surface area contributed by atoms with Gasteiger partial charge in [-0.1, -0.05) is 33.1 Å². The van der Waals surface area contributed by atoms with Crippen molar-refractivity contribution in [2.45, 2.75) is 90.3 Å². The molecule has 0 bridgehead atoms. The topological polar surface area (TPSA) is 15.3 Å². The number of hydrogen-bond donors (Lipinski definition) is 1. The van der Waals surface area contributed by atoms with Gasteiger partial charge in [0.1, 0.15) is 0 Å². The summed E-state index contributed by atoms with van der Waals surface area (Å²) < 4.78 is 0. The van der Waals surface area contributed by atoms with Gasteiger partial charge in [0, 0.05) is 24.7 Å². The van der Waals surface area contributed by atoms with Gasteiger partial charge in [0.05, 0.1) is 0 Å². The molecule has 2 aliphatic rings. The van der Waals surface area contributed by atoms with Crippen LogP contribution in [0.1, 0.15) is 72.1 Å². The van der Waals surface area contributed by atoms with Crippen molar-refractivity contribution in [1.82, 2.24) is 10.2 Å². The maximum Gasteiger partial charge on any atom is 0.0201 e. The number of nitrogens with one attached hydrogen (secondary N) is 1. The molecular weight excluding hydrogens is 232 g/mol. The van der Waals surface area contributed by atoms with Gasteiger partial charge < -0.3 is 5.32 Å². The van der Waals surface area contributed by atoms with Crippen molar-refractivity contribution in [2.24, 2.45) is 5.92 Å². The summed E-state index contributed by atoms with van der Waals surface area (Å²) in [4.78, 5) is 2.73. The minimum atomic E-state index is 0.746. The average molecular weight is 266 g/mol. The molecule has 2 fully saturated rings. The van der Waals surface area contributed by atoms with E-state index in [0.717, 1.165) is 24.0 Å². The van der Waals surface area contributed by atoms with Gasteiger partial charge in [0.25, 0.3) is 0 Å². The summed E-state index contributed by atoms with van der Waals surface area (Å²) in [6.45, 7) is 9.60. The zero-order valence-corrected chi connectivity index (χ0v) is 13.3. The number of nitrogens with zero attached hydrogens (tertiary/aromatic N) is 1. The zero-order valence-electron chi connectivity index (χ0n) is 13.3. The molecule has 1 saturated carbocycles. The highest BCUT2D eigenvalue weighted by molar-refractivity contribution is 4.94. The smallest absolute Gasteiger partial charge is 0.0201 e. The summed E-state index contributed by atoms with van der Waals surface area (Å²) in [5.74, 6) is 0.990. The summed E-state index contributed by atoms with van der Waals surface area (Å²) in [5.41, 5.74) is 0. The molecule has 0 radical (unpaired) electrons. The number of hydrogen-bond acceptors (Lipinski definition) is 2. The largest absolute Gasteiger partial charge is 0.310 e. The molecule has 19 heavy (non-hydrogen) atoms. The van der Waals surface area contributed by atoms with Crippen molar-refractivity contribution in [2.75, 3.05) is 13.1 Å². The van der Waals surface area contributed by atoms with Crippen LogP contribution in [0.4, 0.5) is 0 Å². The number of unbranched alkanes of at least 4 members (excludes halogenated alkanes) is 1. The van der Waals surface area contributed by atoms with Crippen molar-refractivity contribution in [1.29, 1.82) is 0 Å². The van der Waals surface area contributed by atoms with Crippen molar-refractivity contribution in [3.8, 4) is 0 Å². The molecule has 0 aromatic rings. The Balaban J connectivity index is 1.83. The third kappa shape index (κ3) is 4.19. The van der Waals surface area contributed by atoms with E-state index in [9.17, 15) is 0 Å². The molecule has 1 aliphatic heterocycles. The molecule has 2 rings (SSSR count). The van der Waals surface area contributed by atoms with Crippen LogP contribution >= 0.6 is 0 Å². The average Bonchev–Trinajstić information content (AvgIpc) is 2.84. The molecule has 1 aliphatic carbocycles. The van der Waals surface area contributed by atoms with Crippen LogP contribution in [0.5, 0.6) is 0 Å². The lowest BCUT2D eigenvalue weighted by molar-refractivity contribution is 0.182. The first-order chi connectivity index (χ1) is 9.24. The van der Waals surface area contributed by atoms with E-state index in [1.165, 1.54) is 64.5 Å². The fraction of sp³-hybridized carbons (Fsp3) is 1.00. The number of fused-ring (bicyclic) bond motifs is 1. The van der Waals surface area contributed by atoms with Crippen LogP contribution < -0.4 is 5.32 Å². The lowest BCUT2D eigenvalue weighted by Crippen LogP contribution is -2.44. The Morgan fingerprint density at radius 1 is 1.21 bits per heavy atom. The van der Waals surface area contributed by atoms with Crippen LogP contribution in [0, 0.1) is 5.92 Å². The van der Waals surface area contributed by atoms with E-state index in [0.29, 0.717) is 0 Å².